The van der Waals surface area contributed by atoms with Crippen LogP contribution >= 0.6 is 0 Å². The lowest BCUT2D eigenvalue weighted by Crippen LogP contribution is -2.50. The fourth-order valence-corrected chi connectivity index (χ4v) is 6.27. The molecule has 1 N–H and O–H groups in total. The van der Waals surface area contributed by atoms with Crippen LogP contribution in [0.15, 0.2) is 79.0 Å². The molecule has 35 heavy (non-hydrogen) atoms. The van der Waals surface area contributed by atoms with E-state index in [0.29, 0.717) is 18.9 Å². The molecule has 6 rings (SSSR count). The monoisotopic (exact) mass is 464 g/mol. The highest BCUT2D eigenvalue weighted by atomic mass is 16.4. The summed E-state index contributed by atoms with van der Waals surface area (Å²) in [6, 6.07) is 24.7. The number of carboxylic acids is 1. The maximum absolute atomic E-state index is 13.3. The highest BCUT2D eigenvalue weighted by Gasteiger charge is 2.54. The molecule has 0 aliphatic heterocycles. The fourth-order valence-electron chi connectivity index (χ4n) is 6.27. The molecule has 2 aliphatic carbocycles. The Balaban J connectivity index is 1.17. The third-order valence-corrected chi connectivity index (χ3v) is 7.98. The first-order valence-corrected chi connectivity index (χ1v) is 12.3. The summed E-state index contributed by atoms with van der Waals surface area (Å²) in [7, 11) is 0. The van der Waals surface area contributed by atoms with Crippen LogP contribution in [0.25, 0.3) is 22.0 Å². The average Bonchev–Trinajstić information content (AvgIpc) is 3.23. The second-order valence-electron chi connectivity index (χ2n) is 10.5. The van der Waals surface area contributed by atoms with Gasteiger partial charge in [0.25, 0.3) is 0 Å². The van der Waals surface area contributed by atoms with Crippen LogP contribution in [0.4, 0.5) is 0 Å². The summed E-state index contributed by atoms with van der Waals surface area (Å²) in [5.41, 5.74) is 5.32. The Labute approximate surface area is 204 Å². The molecule has 3 aromatic carbocycles. The molecular formula is C30H28N2O3. The number of ketones is 1. The molecule has 1 aromatic heterocycles. The summed E-state index contributed by atoms with van der Waals surface area (Å²) >= 11 is 0. The number of aliphatic carboxylic acids is 1. The standard InChI is InChI=1S/C30H28N2O3/c33-27(13-21-14-30(15-21)16-25(17-30)29(34)35)26-8-4-7-24-18-31-32(28(24)26)19-20-9-11-23(12-10-20)22-5-2-1-3-6-22/h1-12,18,21,25H,13-17,19H2,(H,34,35). The van der Waals surface area contributed by atoms with E-state index >= 15 is 0 Å². The zero-order valence-electron chi connectivity index (χ0n) is 19.6. The molecule has 0 bridgehead atoms. The topological polar surface area (TPSA) is 72.2 Å². The number of hydrogen-bond donors (Lipinski definition) is 1. The number of nitrogens with zero attached hydrogens (tertiary/aromatic N) is 2. The molecule has 0 unspecified atom stereocenters. The van der Waals surface area contributed by atoms with Gasteiger partial charge in [-0.15, -0.1) is 0 Å². The Kier molecular flexibility index (Phi) is 5.28. The van der Waals surface area contributed by atoms with E-state index in [2.05, 4.69) is 41.5 Å². The quantitative estimate of drug-likeness (QED) is 0.330. The number of fused-ring (bicyclic) bond motifs is 1. The van der Waals surface area contributed by atoms with Crippen molar-refractivity contribution >= 4 is 22.7 Å². The molecule has 0 radical (unpaired) electrons. The lowest BCUT2D eigenvalue weighted by molar-refractivity contribution is -0.157. The largest absolute Gasteiger partial charge is 0.481 e. The molecular weight excluding hydrogens is 436 g/mol. The first kappa shape index (κ1) is 21.8. The summed E-state index contributed by atoms with van der Waals surface area (Å²) in [6.45, 7) is 0.603. The normalized spacial score (nSPS) is 23.1. The van der Waals surface area contributed by atoms with Gasteiger partial charge in [-0.25, -0.2) is 0 Å². The SMILES string of the molecule is O=C(CC1CC2(C1)CC(C(=O)O)C2)c1cccc2cnn(Cc3ccc(-c4ccccc4)cc3)c12. The number of rotatable bonds is 7. The predicted octanol–water partition coefficient (Wildman–Crippen LogP) is 6.22. The van der Waals surface area contributed by atoms with Crippen molar-refractivity contribution in [3.63, 3.8) is 0 Å². The van der Waals surface area contributed by atoms with Crippen molar-refractivity contribution in [2.24, 2.45) is 17.3 Å². The highest BCUT2D eigenvalue weighted by molar-refractivity contribution is 6.07. The van der Waals surface area contributed by atoms with Crippen LogP contribution in [-0.4, -0.2) is 26.6 Å². The number of hydrogen-bond acceptors (Lipinski definition) is 3. The van der Waals surface area contributed by atoms with Crippen LogP contribution in [0.3, 0.4) is 0 Å². The minimum Gasteiger partial charge on any atom is -0.481 e. The zero-order valence-corrected chi connectivity index (χ0v) is 19.6. The Morgan fingerprint density at radius 3 is 2.31 bits per heavy atom. The smallest absolute Gasteiger partial charge is 0.306 e. The first-order chi connectivity index (χ1) is 17.0. The summed E-state index contributed by atoms with van der Waals surface area (Å²) < 4.78 is 1.94. The van der Waals surface area contributed by atoms with E-state index in [0.717, 1.165) is 47.7 Å². The van der Waals surface area contributed by atoms with Gasteiger partial charge in [0.1, 0.15) is 0 Å². The molecule has 0 saturated heterocycles. The third-order valence-electron chi connectivity index (χ3n) is 7.98. The summed E-state index contributed by atoms with van der Waals surface area (Å²) in [4.78, 5) is 24.5. The van der Waals surface area contributed by atoms with Crippen LogP contribution < -0.4 is 0 Å². The maximum atomic E-state index is 13.3. The van der Waals surface area contributed by atoms with E-state index in [1.807, 2.05) is 47.3 Å². The molecule has 176 valence electrons. The minimum absolute atomic E-state index is 0.158. The van der Waals surface area contributed by atoms with Gasteiger partial charge >= 0.3 is 5.97 Å². The third kappa shape index (κ3) is 4.05. The Hall–Kier alpha value is -3.73. The lowest BCUT2D eigenvalue weighted by atomic mass is 9.47. The van der Waals surface area contributed by atoms with Crippen LogP contribution in [0.5, 0.6) is 0 Å². The molecule has 5 heteroatoms. The van der Waals surface area contributed by atoms with Gasteiger partial charge in [0.05, 0.1) is 24.2 Å². The van der Waals surface area contributed by atoms with E-state index in [1.165, 1.54) is 11.1 Å². The molecule has 2 fully saturated rings. The molecule has 5 nitrogen and oxygen atoms in total. The van der Waals surface area contributed by atoms with Crippen LogP contribution in [0, 0.1) is 17.3 Å². The van der Waals surface area contributed by atoms with Crippen molar-refractivity contribution in [3.8, 4) is 11.1 Å². The number of carbonyl (C=O) groups excluding carboxylic acids is 1. The second kappa shape index (κ2) is 8.49. The number of carboxylic acid groups (broad SMARTS) is 1. The fraction of sp³-hybridized carbons (Fsp3) is 0.300. The van der Waals surface area contributed by atoms with Gasteiger partial charge in [0.2, 0.25) is 0 Å². The van der Waals surface area contributed by atoms with Gasteiger partial charge in [-0.1, -0.05) is 66.7 Å². The van der Waals surface area contributed by atoms with E-state index in [-0.39, 0.29) is 17.1 Å². The molecule has 0 atom stereocenters. The average molecular weight is 465 g/mol. The van der Waals surface area contributed by atoms with Gasteiger partial charge in [0.15, 0.2) is 5.78 Å². The van der Waals surface area contributed by atoms with Gasteiger partial charge < -0.3 is 5.11 Å². The number of carbonyl (C=O) groups is 2. The van der Waals surface area contributed by atoms with Crippen LogP contribution in [0.2, 0.25) is 0 Å². The Morgan fingerprint density at radius 2 is 1.60 bits per heavy atom. The van der Waals surface area contributed by atoms with Crippen molar-refractivity contribution in [1.29, 1.82) is 0 Å². The van der Waals surface area contributed by atoms with Crippen molar-refractivity contribution in [2.45, 2.75) is 38.6 Å². The highest BCUT2D eigenvalue weighted by Crippen LogP contribution is 2.62. The van der Waals surface area contributed by atoms with E-state index < -0.39 is 5.97 Å². The van der Waals surface area contributed by atoms with Crippen molar-refractivity contribution in [2.75, 3.05) is 0 Å². The number of benzene rings is 3. The van der Waals surface area contributed by atoms with Crippen molar-refractivity contribution < 1.29 is 14.7 Å². The molecule has 2 aliphatic rings. The number of aromatic nitrogens is 2. The summed E-state index contributed by atoms with van der Waals surface area (Å²) in [6.07, 6.45) is 5.87. The predicted molar refractivity (Wildman–Crippen MR) is 135 cm³/mol. The van der Waals surface area contributed by atoms with Crippen LogP contribution in [0.1, 0.15) is 48.0 Å². The van der Waals surface area contributed by atoms with E-state index in [4.69, 9.17) is 5.11 Å². The van der Waals surface area contributed by atoms with Crippen molar-refractivity contribution in [3.05, 3.63) is 90.1 Å². The number of Topliss-reactive ketones (excluding diaryl/α,β-unsaturated/α-hetero) is 1. The van der Waals surface area contributed by atoms with E-state index in [9.17, 15) is 9.59 Å². The first-order valence-electron chi connectivity index (χ1n) is 12.3. The minimum atomic E-state index is -0.676. The molecule has 1 heterocycles. The van der Waals surface area contributed by atoms with Gasteiger partial charge in [-0.05, 0) is 59.8 Å². The molecule has 4 aromatic rings. The summed E-state index contributed by atoms with van der Waals surface area (Å²) in [5.74, 6) is -0.346. The molecule has 0 amide bonds. The van der Waals surface area contributed by atoms with Crippen molar-refractivity contribution in [1.82, 2.24) is 9.78 Å². The summed E-state index contributed by atoms with van der Waals surface area (Å²) in [5, 5.41) is 14.7. The zero-order chi connectivity index (χ0) is 24.0. The Bertz CT molecular complexity index is 1390. The molecule has 1 spiro atoms. The Morgan fingerprint density at radius 1 is 0.886 bits per heavy atom. The molecule has 2 saturated carbocycles. The van der Waals surface area contributed by atoms with E-state index in [1.54, 1.807) is 0 Å². The lowest BCUT2D eigenvalue weighted by Gasteiger charge is -2.56. The maximum Gasteiger partial charge on any atom is 0.306 e. The van der Waals surface area contributed by atoms with Gasteiger partial charge in [0, 0.05) is 17.4 Å². The second-order valence-corrected chi connectivity index (χ2v) is 10.5. The van der Waals surface area contributed by atoms with Crippen LogP contribution in [-0.2, 0) is 11.3 Å². The van der Waals surface area contributed by atoms with Gasteiger partial charge in [-0.3, -0.25) is 14.3 Å². The number of para-hydroxylation sites is 1. The van der Waals surface area contributed by atoms with Gasteiger partial charge in [-0.2, -0.15) is 5.10 Å².